The Balaban J connectivity index is 1.55. The molecule has 2 saturated heterocycles. The molecule has 0 radical (unpaired) electrons. The zero-order chi connectivity index (χ0) is 23.2. The van der Waals surface area contributed by atoms with Gasteiger partial charge in [0.15, 0.2) is 5.16 Å². The number of thioether (sulfide) groups is 1. The quantitative estimate of drug-likeness (QED) is 0.537. The van der Waals surface area contributed by atoms with E-state index in [4.69, 9.17) is 9.47 Å². The third-order valence-electron chi connectivity index (χ3n) is 5.24. The lowest BCUT2D eigenvalue weighted by Crippen LogP contribution is -2.53. The SMILES string of the molecule is CCOc1ccc(-n2c(CC3CC(=O)NC(=O)N3)nnc2SCC(=O)N2CCOCC2)cc1. The van der Waals surface area contributed by atoms with Crippen molar-refractivity contribution in [1.29, 1.82) is 0 Å². The van der Waals surface area contributed by atoms with E-state index >= 15 is 0 Å². The summed E-state index contributed by atoms with van der Waals surface area (Å²) in [6.45, 7) is 4.73. The van der Waals surface area contributed by atoms with Crippen LogP contribution in [0.2, 0.25) is 0 Å². The third kappa shape index (κ3) is 5.82. The Bertz CT molecular complexity index is 989. The molecular formula is C21H26N6O5S. The Morgan fingerprint density at radius 3 is 2.67 bits per heavy atom. The van der Waals surface area contributed by atoms with Crippen molar-refractivity contribution >= 4 is 29.6 Å². The van der Waals surface area contributed by atoms with Crippen LogP contribution >= 0.6 is 11.8 Å². The molecule has 4 amide bonds. The van der Waals surface area contributed by atoms with E-state index in [0.717, 1.165) is 11.4 Å². The number of hydrogen-bond donors (Lipinski definition) is 2. The highest BCUT2D eigenvalue weighted by molar-refractivity contribution is 7.99. The normalized spacial score (nSPS) is 18.6. The van der Waals surface area contributed by atoms with E-state index in [0.29, 0.717) is 50.3 Å². The lowest BCUT2D eigenvalue weighted by molar-refractivity contribution is -0.132. The van der Waals surface area contributed by atoms with Crippen LogP contribution in [-0.2, 0) is 20.7 Å². The average molecular weight is 475 g/mol. The summed E-state index contributed by atoms with van der Waals surface area (Å²) in [5.41, 5.74) is 0.798. The smallest absolute Gasteiger partial charge is 0.321 e. The van der Waals surface area contributed by atoms with Gasteiger partial charge in [0.2, 0.25) is 11.8 Å². The van der Waals surface area contributed by atoms with E-state index < -0.39 is 12.1 Å². The lowest BCUT2D eigenvalue weighted by atomic mass is 10.1. The maximum atomic E-state index is 12.6. The molecule has 33 heavy (non-hydrogen) atoms. The number of rotatable bonds is 8. The van der Waals surface area contributed by atoms with Crippen molar-refractivity contribution in [3.05, 3.63) is 30.1 Å². The van der Waals surface area contributed by atoms with Crippen LogP contribution in [0.5, 0.6) is 5.75 Å². The molecule has 2 N–H and O–H groups in total. The number of amides is 4. The van der Waals surface area contributed by atoms with Gasteiger partial charge in [-0.2, -0.15) is 0 Å². The fourth-order valence-electron chi connectivity index (χ4n) is 3.69. The molecule has 1 aromatic carbocycles. The molecule has 2 aliphatic heterocycles. The predicted molar refractivity (Wildman–Crippen MR) is 119 cm³/mol. The number of imide groups is 1. The van der Waals surface area contributed by atoms with Gasteiger partial charge in [-0.05, 0) is 31.2 Å². The number of morpholine rings is 1. The van der Waals surface area contributed by atoms with Gasteiger partial charge >= 0.3 is 6.03 Å². The van der Waals surface area contributed by atoms with E-state index in [2.05, 4.69) is 20.8 Å². The minimum Gasteiger partial charge on any atom is -0.494 e. The van der Waals surface area contributed by atoms with Crippen molar-refractivity contribution in [2.75, 3.05) is 38.7 Å². The maximum absolute atomic E-state index is 12.6. The van der Waals surface area contributed by atoms with Gasteiger partial charge in [-0.1, -0.05) is 11.8 Å². The van der Waals surface area contributed by atoms with Crippen molar-refractivity contribution in [2.24, 2.45) is 0 Å². The second-order valence-corrected chi connectivity index (χ2v) is 8.51. The van der Waals surface area contributed by atoms with Crippen LogP contribution in [0.3, 0.4) is 0 Å². The highest BCUT2D eigenvalue weighted by Crippen LogP contribution is 2.25. The largest absolute Gasteiger partial charge is 0.494 e. The number of urea groups is 1. The van der Waals surface area contributed by atoms with E-state index in [9.17, 15) is 14.4 Å². The Morgan fingerprint density at radius 1 is 1.21 bits per heavy atom. The fourth-order valence-corrected chi connectivity index (χ4v) is 4.56. The highest BCUT2D eigenvalue weighted by Gasteiger charge is 2.27. The second-order valence-electron chi connectivity index (χ2n) is 7.57. The number of benzene rings is 1. The summed E-state index contributed by atoms with van der Waals surface area (Å²) in [5.74, 6) is 1.23. The number of hydrogen-bond acceptors (Lipinski definition) is 8. The molecule has 12 heteroatoms. The summed E-state index contributed by atoms with van der Waals surface area (Å²) in [7, 11) is 0. The van der Waals surface area contributed by atoms with Gasteiger partial charge in [-0.15, -0.1) is 10.2 Å². The van der Waals surface area contributed by atoms with Crippen LogP contribution in [-0.4, -0.2) is 82.2 Å². The Labute approximate surface area is 195 Å². The molecule has 1 aromatic heterocycles. The third-order valence-corrected chi connectivity index (χ3v) is 6.16. The van der Waals surface area contributed by atoms with Crippen LogP contribution < -0.4 is 15.4 Å². The molecule has 0 saturated carbocycles. The second kappa shape index (κ2) is 10.7. The first-order valence-corrected chi connectivity index (χ1v) is 11.8. The topological polar surface area (TPSA) is 128 Å². The van der Waals surface area contributed by atoms with Gasteiger partial charge in [-0.25, -0.2) is 4.79 Å². The molecule has 1 atom stereocenters. The van der Waals surface area contributed by atoms with Crippen LogP contribution in [0.15, 0.2) is 29.4 Å². The molecule has 0 bridgehead atoms. The average Bonchev–Trinajstić information content (AvgIpc) is 3.20. The number of aromatic nitrogens is 3. The number of nitrogens with zero attached hydrogens (tertiary/aromatic N) is 4. The number of carbonyl (C=O) groups excluding carboxylic acids is 3. The van der Waals surface area contributed by atoms with Crippen molar-refractivity contribution < 1.29 is 23.9 Å². The number of nitrogens with one attached hydrogen (secondary N) is 2. The van der Waals surface area contributed by atoms with Gasteiger partial charge in [-0.3, -0.25) is 19.5 Å². The minimum atomic E-state index is -0.519. The summed E-state index contributed by atoms with van der Waals surface area (Å²) < 4.78 is 12.7. The van der Waals surface area contributed by atoms with E-state index in [-0.39, 0.29) is 24.0 Å². The van der Waals surface area contributed by atoms with Crippen molar-refractivity contribution in [1.82, 2.24) is 30.3 Å². The summed E-state index contributed by atoms with van der Waals surface area (Å²) in [6.07, 6.45) is 0.469. The highest BCUT2D eigenvalue weighted by atomic mass is 32.2. The van der Waals surface area contributed by atoms with Crippen LogP contribution in [0.4, 0.5) is 4.79 Å². The molecule has 2 fully saturated rings. The molecule has 0 spiro atoms. The zero-order valence-electron chi connectivity index (χ0n) is 18.3. The van der Waals surface area contributed by atoms with Gasteiger partial charge in [0.05, 0.1) is 25.6 Å². The molecular weight excluding hydrogens is 448 g/mol. The minimum absolute atomic E-state index is 0.0160. The van der Waals surface area contributed by atoms with Gasteiger partial charge in [0.25, 0.3) is 0 Å². The molecule has 4 rings (SSSR count). The lowest BCUT2D eigenvalue weighted by Gasteiger charge is -2.26. The summed E-state index contributed by atoms with van der Waals surface area (Å²) in [6, 6.07) is 6.56. The van der Waals surface area contributed by atoms with E-state index in [1.807, 2.05) is 35.8 Å². The monoisotopic (exact) mass is 474 g/mol. The molecule has 3 heterocycles. The molecule has 0 aliphatic carbocycles. The predicted octanol–water partition coefficient (Wildman–Crippen LogP) is 0.758. The summed E-state index contributed by atoms with van der Waals surface area (Å²) in [5, 5.41) is 14.2. The van der Waals surface area contributed by atoms with Crippen molar-refractivity contribution in [2.45, 2.75) is 31.0 Å². The van der Waals surface area contributed by atoms with Gasteiger partial charge < -0.3 is 19.7 Å². The molecule has 2 aliphatic rings. The van der Waals surface area contributed by atoms with E-state index in [1.54, 1.807) is 4.90 Å². The summed E-state index contributed by atoms with van der Waals surface area (Å²) >= 11 is 1.30. The summed E-state index contributed by atoms with van der Waals surface area (Å²) in [4.78, 5) is 37.9. The maximum Gasteiger partial charge on any atom is 0.321 e. The van der Waals surface area contributed by atoms with Crippen LogP contribution in [0.1, 0.15) is 19.2 Å². The van der Waals surface area contributed by atoms with Crippen LogP contribution in [0.25, 0.3) is 5.69 Å². The molecule has 1 unspecified atom stereocenters. The Morgan fingerprint density at radius 2 is 1.97 bits per heavy atom. The number of ether oxygens (including phenoxy) is 2. The van der Waals surface area contributed by atoms with Gasteiger partial charge in [0, 0.05) is 37.7 Å². The van der Waals surface area contributed by atoms with Crippen molar-refractivity contribution in [3.63, 3.8) is 0 Å². The fraction of sp³-hybridized carbons (Fsp3) is 0.476. The molecule has 176 valence electrons. The van der Waals surface area contributed by atoms with E-state index in [1.165, 1.54) is 11.8 Å². The standard InChI is InChI=1S/C21H26N6O5S/c1-2-32-16-5-3-15(4-6-16)27-17(11-14-12-18(28)23-20(30)22-14)24-25-21(27)33-13-19(29)26-7-9-31-10-8-26/h3-6,14H,2,7-13H2,1H3,(H2,22,23,28,30). The van der Waals surface area contributed by atoms with Crippen molar-refractivity contribution in [3.8, 4) is 11.4 Å². The number of carbonyl (C=O) groups is 3. The Hall–Kier alpha value is -3.12. The van der Waals surface area contributed by atoms with Crippen LogP contribution in [0, 0.1) is 0 Å². The van der Waals surface area contributed by atoms with Gasteiger partial charge in [0.1, 0.15) is 11.6 Å². The molecule has 2 aromatic rings. The Kier molecular flexibility index (Phi) is 7.45. The zero-order valence-corrected chi connectivity index (χ0v) is 19.1. The molecule has 11 nitrogen and oxygen atoms in total. The first-order chi connectivity index (χ1) is 16.0. The first-order valence-electron chi connectivity index (χ1n) is 10.8. The first kappa shape index (κ1) is 23.1.